The third-order valence-electron chi connectivity index (χ3n) is 4.74. The fourth-order valence-corrected chi connectivity index (χ4v) is 3.74. The molecule has 0 atom stereocenters. The van der Waals surface area contributed by atoms with Crippen molar-refractivity contribution in [3.63, 3.8) is 0 Å². The zero-order chi connectivity index (χ0) is 53.3. The highest BCUT2D eigenvalue weighted by atomic mass is 32.1. The van der Waals surface area contributed by atoms with Gasteiger partial charge in [-0.05, 0) is 117 Å². The van der Waals surface area contributed by atoms with E-state index in [9.17, 15) is 0 Å². The van der Waals surface area contributed by atoms with E-state index >= 15 is 0 Å². The van der Waals surface area contributed by atoms with Crippen LogP contribution in [0, 0.1) is 41.5 Å². The summed E-state index contributed by atoms with van der Waals surface area (Å²) in [4.78, 5) is 13.1. The number of hydrogen-bond acceptors (Lipinski definition) is 5. The van der Waals surface area contributed by atoms with Crippen LogP contribution in [-0.4, -0.2) is 15.0 Å². The van der Waals surface area contributed by atoms with Gasteiger partial charge in [-0.25, -0.2) is 0 Å². The van der Waals surface area contributed by atoms with E-state index in [1.165, 1.54) is 27.1 Å². The second-order valence-corrected chi connectivity index (χ2v) is 10.6. The highest BCUT2D eigenvalue weighted by Gasteiger charge is 1.76. The van der Waals surface area contributed by atoms with Gasteiger partial charge in [-0.3, -0.25) is 15.0 Å². The van der Waals surface area contributed by atoms with Crippen LogP contribution in [0.1, 0.15) is 199 Å². The van der Waals surface area contributed by atoms with Gasteiger partial charge in [0.2, 0.25) is 0 Å². The first-order valence-electron chi connectivity index (χ1n) is 25.0. The number of rotatable bonds is 0. The lowest BCUT2D eigenvalue weighted by molar-refractivity contribution is 1.20. The molecular formula is C59H113N3S2. The van der Waals surface area contributed by atoms with Crippen LogP contribution in [0.4, 0.5) is 0 Å². The highest BCUT2D eigenvalue weighted by Crippen LogP contribution is 2.04. The molecule has 0 aliphatic heterocycles. The van der Waals surface area contributed by atoms with Crippen LogP contribution in [0.3, 0.4) is 0 Å². The van der Waals surface area contributed by atoms with Crippen LogP contribution < -0.4 is 0 Å². The molecule has 0 radical (unpaired) electrons. The van der Waals surface area contributed by atoms with Crippen molar-refractivity contribution >= 4 is 22.7 Å². The van der Waals surface area contributed by atoms with E-state index in [1.807, 2.05) is 254 Å². The fourth-order valence-electron chi connectivity index (χ4n) is 2.55. The standard InChI is InChI=1S/C7H8.3C6H7N.2C5H6S.12C2H6/c1-7-5-3-2-4-6-7;1-6-2-4-7-5-3-6;1-6-3-2-4-7-5-6;1-6-4-2-3-5-7-6;1-5-2-3-6-4-5;1-5-3-2-4-6-5;12*1-2/h2-6H,1H3;3*2-5H,1H3;2*2-4H,1H3;12*1-2H3. The summed E-state index contributed by atoms with van der Waals surface area (Å²) in [7, 11) is 0. The lowest BCUT2D eigenvalue weighted by Crippen LogP contribution is -1.72. The SMILES string of the molecule is CC.CC.CC.CC.CC.CC.CC.CC.CC.CC.CC.CC.Cc1ccccc1.Cc1ccccn1.Cc1cccnc1.Cc1cccs1.Cc1ccncc1.Cc1ccsc1. The van der Waals surface area contributed by atoms with Gasteiger partial charge < -0.3 is 0 Å². The van der Waals surface area contributed by atoms with Crippen molar-refractivity contribution in [2.45, 2.75) is 208 Å². The first-order chi connectivity index (χ1) is 31.4. The van der Waals surface area contributed by atoms with E-state index in [2.05, 4.69) is 82.2 Å². The average molecular weight is 929 g/mol. The second-order valence-electron chi connectivity index (χ2n) is 8.71. The molecule has 376 valence electrons. The van der Waals surface area contributed by atoms with Crippen LogP contribution in [0.2, 0.25) is 0 Å². The highest BCUT2D eigenvalue weighted by molar-refractivity contribution is 7.09. The summed E-state index contributed by atoms with van der Waals surface area (Å²) >= 11 is 3.52. The van der Waals surface area contributed by atoms with Gasteiger partial charge in [-0.15, -0.1) is 11.3 Å². The van der Waals surface area contributed by atoms with E-state index < -0.39 is 0 Å². The molecule has 1 aromatic carbocycles. The summed E-state index contributed by atoms with van der Waals surface area (Å²) in [5.74, 6) is 0. The Bertz CT molecular complexity index is 1130. The van der Waals surface area contributed by atoms with Gasteiger partial charge in [0.25, 0.3) is 0 Å². The molecule has 0 N–H and O–H groups in total. The topological polar surface area (TPSA) is 38.7 Å². The maximum Gasteiger partial charge on any atom is 0.0372 e. The number of nitrogens with zero attached hydrogens (tertiary/aromatic N) is 3. The molecule has 0 amide bonds. The number of benzene rings is 1. The van der Waals surface area contributed by atoms with Gasteiger partial charge in [0.1, 0.15) is 0 Å². The summed E-state index contributed by atoms with van der Waals surface area (Å²) < 4.78 is 0. The molecule has 5 aromatic heterocycles. The summed E-state index contributed by atoms with van der Waals surface area (Å²) in [6.07, 6.45) is 8.97. The number of aromatic nitrogens is 3. The Labute approximate surface area is 414 Å². The Morgan fingerprint density at radius 3 is 0.891 bits per heavy atom. The first kappa shape index (κ1) is 90.7. The number of hydrogen-bond donors (Lipinski definition) is 0. The molecule has 6 aromatic rings. The molecule has 64 heavy (non-hydrogen) atoms. The largest absolute Gasteiger partial charge is 0.265 e. The Morgan fingerprint density at radius 2 is 0.734 bits per heavy atom. The first-order valence-corrected chi connectivity index (χ1v) is 26.8. The van der Waals surface area contributed by atoms with Gasteiger partial charge in [0.05, 0.1) is 0 Å². The molecule has 0 fully saturated rings. The zero-order valence-electron chi connectivity index (χ0n) is 48.4. The molecular weight excluding hydrogens is 815 g/mol. The lowest BCUT2D eigenvalue weighted by atomic mass is 10.2. The van der Waals surface area contributed by atoms with Gasteiger partial charge in [-0.1, -0.05) is 220 Å². The van der Waals surface area contributed by atoms with Gasteiger partial charge >= 0.3 is 0 Å². The quantitative estimate of drug-likeness (QED) is 0.152. The molecule has 5 heterocycles. The molecule has 0 spiro atoms. The van der Waals surface area contributed by atoms with E-state index in [4.69, 9.17) is 0 Å². The van der Waals surface area contributed by atoms with Gasteiger partial charge in [0, 0.05) is 41.6 Å². The van der Waals surface area contributed by atoms with Gasteiger partial charge in [0.15, 0.2) is 0 Å². The lowest BCUT2D eigenvalue weighted by Gasteiger charge is -1.82. The number of thiophene rings is 2. The van der Waals surface area contributed by atoms with Crippen molar-refractivity contribution in [3.8, 4) is 0 Å². The van der Waals surface area contributed by atoms with E-state index in [0.29, 0.717) is 0 Å². The number of aryl methyl sites for hydroxylation is 6. The summed E-state index contributed by atoms with van der Waals surface area (Å²) in [5, 5.41) is 6.28. The van der Waals surface area contributed by atoms with Crippen molar-refractivity contribution in [1.82, 2.24) is 15.0 Å². The van der Waals surface area contributed by atoms with Crippen molar-refractivity contribution in [2.75, 3.05) is 0 Å². The van der Waals surface area contributed by atoms with Crippen LogP contribution in [0.5, 0.6) is 0 Å². The van der Waals surface area contributed by atoms with E-state index in [-0.39, 0.29) is 0 Å². The molecule has 0 unspecified atom stereocenters. The number of pyridine rings is 3. The fraction of sp³-hybridized carbons (Fsp3) is 0.508. The maximum absolute atomic E-state index is 3.98. The summed E-state index contributed by atoms with van der Waals surface area (Å²) in [6, 6.07) is 30.3. The van der Waals surface area contributed by atoms with Crippen molar-refractivity contribution in [3.05, 3.63) is 171 Å². The van der Waals surface area contributed by atoms with E-state index in [1.54, 1.807) is 47.5 Å². The molecule has 0 saturated heterocycles. The third-order valence-corrected chi connectivity index (χ3v) is 6.34. The normalized spacial score (nSPS) is 6.59. The van der Waals surface area contributed by atoms with Crippen LogP contribution >= 0.6 is 22.7 Å². The van der Waals surface area contributed by atoms with Crippen molar-refractivity contribution < 1.29 is 0 Å². The Balaban J connectivity index is -0.0000000464. The minimum absolute atomic E-state index is 1.07. The monoisotopic (exact) mass is 928 g/mol. The average Bonchev–Trinajstić information content (AvgIpc) is 4.11. The molecule has 6 rings (SSSR count). The van der Waals surface area contributed by atoms with E-state index in [0.717, 1.165) is 5.69 Å². The van der Waals surface area contributed by atoms with Crippen LogP contribution in [-0.2, 0) is 0 Å². The summed E-state index contributed by atoms with van der Waals surface area (Å²) in [5.41, 5.74) is 6.22. The Morgan fingerprint density at radius 1 is 0.312 bits per heavy atom. The molecule has 0 saturated carbocycles. The second kappa shape index (κ2) is 113. The van der Waals surface area contributed by atoms with Crippen LogP contribution in [0.25, 0.3) is 0 Å². The molecule has 0 bridgehead atoms. The summed E-state index contributed by atoms with van der Waals surface area (Å²) in [6.45, 7) is 60.3. The smallest absolute Gasteiger partial charge is 0.0372 e. The predicted molar refractivity (Wildman–Crippen MR) is 312 cm³/mol. The Hall–Kier alpha value is -3.93. The zero-order valence-corrected chi connectivity index (χ0v) is 50.1. The molecule has 0 aliphatic rings. The van der Waals surface area contributed by atoms with Crippen molar-refractivity contribution in [1.29, 1.82) is 0 Å². The third kappa shape index (κ3) is 107. The minimum Gasteiger partial charge on any atom is -0.265 e. The predicted octanol–water partition coefficient (Wildman–Crippen LogP) is 22.6. The minimum atomic E-state index is 1.07. The molecule has 0 aliphatic carbocycles. The van der Waals surface area contributed by atoms with Crippen molar-refractivity contribution in [2.24, 2.45) is 0 Å². The van der Waals surface area contributed by atoms with Crippen LogP contribution in [0.15, 0.2) is 138 Å². The molecule has 5 heteroatoms. The maximum atomic E-state index is 3.98. The van der Waals surface area contributed by atoms with Gasteiger partial charge in [-0.2, -0.15) is 11.3 Å². The molecule has 3 nitrogen and oxygen atoms in total. The Kier molecular flexibility index (Phi) is 160.